The number of fused-ring (bicyclic) bond motifs is 1. The molecule has 1 aliphatic rings. The number of aromatic nitrogens is 3. The molecule has 0 unspecified atom stereocenters. The number of benzene rings is 1. The largest absolute Gasteiger partial charge is 0.394 e. The lowest BCUT2D eigenvalue weighted by Gasteiger charge is -2.30. The average Bonchev–Trinajstić information content (AvgIpc) is 2.84. The third-order valence-electron chi connectivity index (χ3n) is 6.73. The number of unbranched alkanes of at least 4 members (excludes halogenated alkanes) is 1. The van der Waals surface area contributed by atoms with Crippen LogP contribution in [0, 0.1) is 0 Å². The Labute approximate surface area is 200 Å². The van der Waals surface area contributed by atoms with Crippen molar-refractivity contribution in [2.24, 2.45) is 0 Å². The van der Waals surface area contributed by atoms with Gasteiger partial charge in [-0.15, -0.1) is 0 Å². The SMILES string of the molecule is CCCC[C@](C)(CO)Nc1nc(N)nc2cc(-c3cc(=O)[nH]cc3CN3CCCCC3)ccc12. The van der Waals surface area contributed by atoms with E-state index >= 15 is 0 Å². The lowest BCUT2D eigenvalue weighted by molar-refractivity contribution is 0.212. The Bertz CT molecular complexity index is 1190. The Morgan fingerprint density at radius 2 is 2.00 bits per heavy atom. The highest BCUT2D eigenvalue weighted by Gasteiger charge is 2.24. The van der Waals surface area contributed by atoms with Crippen LogP contribution in [0.1, 0.15) is 57.9 Å². The van der Waals surface area contributed by atoms with Crippen LogP contribution in [0.3, 0.4) is 0 Å². The van der Waals surface area contributed by atoms with Gasteiger partial charge in [0.2, 0.25) is 11.5 Å². The second-order valence-corrected chi connectivity index (χ2v) is 9.68. The third kappa shape index (κ3) is 5.56. The van der Waals surface area contributed by atoms with Gasteiger partial charge in [-0.1, -0.05) is 32.3 Å². The van der Waals surface area contributed by atoms with E-state index in [4.69, 9.17) is 5.73 Å². The normalized spacial score (nSPS) is 16.4. The van der Waals surface area contributed by atoms with Gasteiger partial charge in [-0.05, 0) is 68.1 Å². The van der Waals surface area contributed by atoms with E-state index in [0.717, 1.165) is 61.0 Å². The molecule has 2 aromatic heterocycles. The second kappa shape index (κ2) is 10.5. The molecule has 0 spiro atoms. The molecule has 0 aliphatic carbocycles. The van der Waals surface area contributed by atoms with Gasteiger partial charge in [0.05, 0.1) is 17.7 Å². The first kappa shape index (κ1) is 24.2. The van der Waals surface area contributed by atoms with Gasteiger partial charge in [-0.25, -0.2) is 4.98 Å². The highest BCUT2D eigenvalue weighted by Crippen LogP contribution is 2.31. The van der Waals surface area contributed by atoms with Gasteiger partial charge in [0.25, 0.3) is 0 Å². The molecular formula is C26H36N6O2. The molecule has 1 atom stereocenters. The maximum Gasteiger partial charge on any atom is 0.248 e. The molecule has 3 heterocycles. The van der Waals surface area contributed by atoms with Crippen molar-refractivity contribution in [2.45, 2.75) is 64.5 Å². The first-order chi connectivity index (χ1) is 16.4. The fourth-order valence-corrected chi connectivity index (χ4v) is 4.70. The second-order valence-electron chi connectivity index (χ2n) is 9.68. The number of nitrogens with two attached hydrogens (primary N) is 1. The topological polar surface area (TPSA) is 120 Å². The summed E-state index contributed by atoms with van der Waals surface area (Å²) in [7, 11) is 0. The van der Waals surface area contributed by atoms with Gasteiger partial charge in [0, 0.05) is 24.2 Å². The number of nitrogen functional groups attached to an aromatic ring is 1. The van der Waals surface area contributed by atoms with Gasteiger partial charge < -0.3 is 21.1 Å². The lowest BCUT2D eigenvalue weighted by Crippen LogP contribution is -2.39. The van der Waals surface area contributed by atoms with E-state index in [9.17, 15) is 9.90 Å². The van der Waals surface area contributed by atoms with E-state index < -0.39 is 5.54 Å². The van der Waals surface area contributed by atoms with E-state index in [1.807, 2.05) is 31.3 Å². The molecule has 0 saturated carbocycles. The van der Waals surface area contributed by atoms with E-state index in [1.165, 1.54) is 19.3 Å². The highest BCUT2D eigenvalue weighted by molar-refractivity contribution is 5.93. The van der Waals surface area contributed by atoms with Crippen molar-refractivity contribution in [1.82, 2.24) is 19.9 Å². The minimum absolute atomic E-state index is 0.0108. The zero-order valence-electron chi connectivity index (χ0n) is 20.2. The molecule has 4 rings (SSSR count). The number of pyridine rings is 1. The van der Waals surface area contributed by atoms with E-state index in [-0.39, 0.29) is 18.1 Å². The summed E-state index contributed by atoms with van der Waals surface area (Å²) in [5.41, 5.74) is 9.06. The summed E-state index contributed by atoms with van der Waals surface area (Å²) < 4.78 is 0. The van der Waals surface area contributed by atoms with Crippen LogP contribution in [0.5, 0.6) is 0 Å². The van der Waals surface area contributed by atoms with Crippen molar-refractivity contribution in [3.8, 4) is 11.1 Å². The minimum Gasteiger partial charge on any atom is -0.394 e. The van der Waals surface area contributed by atoms with Gasteiger partial charge in [-0.3, -0.25) is 9.69 Å². The fraction of sp³-hybridized carbons (Fsp3) is 0.500. The molecule has 1 saturated heterocycles. The van der Waals surface area contributed by atoms with Crippen molar-refractivity contribution in [2.75, 3.05) is 30.7 Å². The molecule has 0 bridgehead atoms. The maximum absolute atomic E-state index is 12.2. The number of aliphatic hydroxyl groups excluding tert-OH is 1. The number of rotatable bonds is 9. The molecule has 8 nitrogen and oxygen atoms in total. The number of nitrogens with zero attached hydrogens (tertiary/aromatic N) is 3. The Kier molecular flexibility index (Phi) is 7.48. The molecule has 0 radical (unpaired) electrons. The number of hydrogen-bond donors (Lipinski definition) is 4. The van der Waals surface area contributed by atoms with Crippen LogP contribution < -0.4 is 16.6 Å². The van der Waals surface area contributed by atoms with E-state index in [0.29, 0.717) is 11.3 Å². The van der Waals surface area contributed by atoms with Crippen molar-refractivity contribution in [1.29, 1.82) is 0 Å². The first-order valence-corrected chi connectivity index (χ1v) is 12.3. The van der Waals surface area contributed by atoms with Crippen LogP contribution >= 0.6 is 0 Å². The quantitative estimate of drug-likeness (QED) is 0.379. The highest BCUT2D eigenvalue weighted by atomic mass is 16.3. The summed E-state index contributed by atoms with van der Waals surface area (Å²) in [6, 6.07) is 7.60. The third-order valence-corrected chi connectivity index (χ3v) is 6.73. The van der Waals surface area contributed by atoms with E-state index in [1.54, 1.807) is 6.07 Å². The lowest BCUT2D eigenvalue weighted by atomic mass is 9.95. The number of hydrogen-bond acceptors (Lipinski definition) is 7. The molecule has 34 heavy (non-hydrogen) atoms. The Hall–Kier alpha value is -2.97. The Balaban J connectivity index is 1.71. The van der Waals surface area contributed by atoms with Crippen LogP contribution in [0.15, 0.2) is 35.3 Å². The zero-order chi connectivity index (χ0) is 24.1. The number of likely N-dealkylation sites (tertiary alicyclic amines) is 1. The standard InChI is InChI=1S/C26H36N6O2/c1-3-4-10-26(2,17-33)31-24-20-9-8-18(13-22(20)29-25(27)30-24)21-14-23(34)28-15-19(21)16-32-11-6-5-7-12-32/h8-9,13-15,33H,3-7,10-12,16-17H2,1-2H3,(H,28,34)(H3,27,29,30,31)/t26-/m1/s1. The molecule has 8 heteroatoms. The van der Waals surface area contributed by atoms with Gasteiger partial charge in [0.15, 0.2) is 0 Å². The fourth-order valence-electron chi connectivity index (χ4n) is 4.70. The molecule has 5 N–H and O–H groups in total. The predicted octanol–water partition coefficient (Wildman–Crippen LogP) is 3.91. The van der Waals surface area contributed by atoms with Crippen molar-refractivity contribution in [3.63, 3.8) is 0 Å². The van der Waals surface area contributed by atoms with Crippen LogP contribution in [-0.2, 0) is 6.54 Å². The Morgan fingerprint density at radius 3 is 2.74 bits per heavy atom. The number of aliphatic hydroxyl groups is 1. The predicted molar refractivity (Wildman–Crippen MR) is 138 cm³/mol. The number of aromatic amines is 1. The molecule has 1 fully saturated rings. The number of piperidine rings is 1. The smallest absolute Gasteiger partial charge is 0.248 e. The van der Waals surface area contributed by atoms with Gasteiger partial charge >= 0.3 is 0 Å². The summed E-state index contributed by atoms with van der Waals surface area (Å²) in [5.74, 6) is 0.781. The van der Waals surface area contributed by atoms with Crippen molar-refractivity contribution < 1.29 is 5.11 Å². The summed E-state index contributed by atoms with van der Waals surface area (Å²) >= 11 is 0. The number of nitrogens with one attached hydrogen (secondary N) is 2. The van der Waals surface area contributed by atoms with E-state index in [2.05, 4.69) is 32.1 Å². The summed E-state index contributed by atoms with van der Waals surface area (Å²) in [4.78, 5) is 26.4. The summed E-state index contributed by atoms with van der Waals surface area (Å²) in [5, 5.41) is 14.3. The number of H-pyrrole nitrogens is 1. The average molecular weight is 465 g/mol. The van der Waals surface area contributed by atoms with Crippen molar-refractivity contribution >= 4 is 22.7 Å². The summed E-state index contributed by atoms with van der Waals surface area (Å²) in [6.45, 7) is 7.07. The molecule has 3 aromatic rings. The van der Waals surface area contributed by atoms with Gasteiger partial charge in [0.1, 0.15) is 5.82 Å². The summed E-state index contributed by atoms with van der Waals surface area (Å²) in [6.07, 6.45) is 8.40. The van der Waals surface area contributed by atoms with Crippen molar-refractivity contribution in [3.05, 3.63) is 46.4 Å². The molecular weight excluding hydrogens is 428 g/mol. The molecule has 1 aliphatic heterocycles. The van der Waals surface area contributed by atoms with Crippen LogP contribution in [0.2, 0.25) is 0 Å². The number of anilines is 2. The van der Waals surface area contributed by atoms with Gasteiger partial charge in [-0.2, -0.15) is 4.98 Å². The monoisotopic (exact) mass is 464 g/mol. The maximum atomic E-state index is 12.2. The minimum atomic E-state index is -0.503. The molecule has 1 aromatic carbocycles. The van der Waals surface area contributed by atoms with Crippen LogP contribution in [0.25, 0.3) is 22.0 Å². The zero-order valence-corrected chi connectivity index (χ0v) is 20.2. The van der Waals surface area contributed by atoms with Crippen LogP contribution in [-0.4, -0.2) is 50.2 Å². The molecule has 182 valence electrons. The molecule has 0 amide bonds. The first-order valence-electron chi connectivity index (χ1n) is 12.3. The van der Waals surface area contributed by atoms with Crippen LogP contribution in [0.4, 0.5) is 11.8 Å². The Morgan fingerprint density at radius 1 is 1.21 bits per heavy atom.